The minimum absolute atomic E-state index is 0.135. The number of rotatable bonds is 2. The molecule has 0 unspecified atom stereocenters. The fourth-order valence-corrected chi connectivity index (χ4v) is 0.959. The number of benzene rings is 1. The first kappa shape index (κ1) is 11.5. The first-order valence-electron chi connectivity index (χ1n) is 4.39. The van der Waals surface area contributed by atoms with E-state index in [0.29, 0.717) is 0 Å². The summed E-state index contributed by atoms with van der Waals surface area (Å²) in [7, 11) is 0. The molecule has 0 aliphatic carbocycles. The number of nitrogens with one attached hydrogen (secondary N) is 2. The van der Waals surface area contributed by atoms with E-state index < -0.39 is 11.8 Å². The third kappa shape index (κ3) is 2.99. The van der Waals surface area contributed by atoms with Crippen LogP contribution in [0.5, 0.6) is 5.75 Å². The van der Waals surface area contributed by atoms with Crippen molar-refractivity contribution in [3.05, 3.63) is 24.3 Å². The van der Waals surface area contributed by atoms with Crippen molar-refractivity contribution in [1.82, 2.24) is 5.32 Å². The first-order valence-corrected chi connectivity index (χ1v) is 4.39. The lowest BCUT2D eigenvalue weighted by molar-refractivity contribution is -0.136. The maximum absolute atomic E-state index is 11.2. The summed E-state index contributed by atoms with van der Waals surface area (Å²) in [5.74, 6) is -1.99. The second-order valence-electron chi connectivity index (χ2n) is 2.81. The molecule has 0 spiro atoms. The summed E-state index contributed by atoms with van der Waals surface area (Å²) in [6.07, 6.45) is 0. The fraction of sp³-hybridized carbons (Fsp3) is 0.100. The molecule has 0 radical (unpaired) electrons. The van der Waals surface area contributed by atoms with Crippen LogP contribution in [0.3, 0.4) is 0 Å². The molecular weight excluding hydrogens is 210 g/mol. The number of hydrogen-bond acceptors (Lipinski definition) is 4. The SMILES string of the molecule is N#CCNC(=O)C(=O)Nc1ccccc1O. The number of anilines is 1. The first-order chi connectivity index (χ1) is 7.65. The summed E-state index contributed by atoms with van der Waals surface area (Å²) in [5.41, 5.74) is 0.139. The van der Waals surface area contributed by atoms with Gasteiger partial charge in [0.15, 0.2) is 0 Å². The summed E-state index contributed by atoms with van der Waals surface area (Å²) in [5, 5.41) is 21.8. The van der Waals surface area contributed by atoms with Crippen molar-refractivity contribution < 1.29 is 14.7 Å². The zero-order chi connectivity index (χ0) is 12.0. The molecule has 3 N–H and O–H groups in total. The van der Waals surface area contributed by atoms with E-state index in [0.717, 1.165) is 0 Å². The quantitative estimate of drug-likeness (QED) is 0.369. The van der Waals surface area contributed by atoms with Crippen molar-refractivity contribution in [2.75, 3.05) is 11.9 Å². The standard InChI is InChI=1S/C10H9N3O3/c11-5-6-12-9(15)10(16)13-7-3-1-2-4-8(7)14/h1-4,14H,6H2,(H,12,15)(H,13,16). The number of hydrogen-bond donors (Lipinski definition) is 3. The summed E-state index contributed by atoms with van der Waals surface area (Å²) < 4.78 is 0. The molecule has 6 nitrogen and oxygen atoms in total. The molecule has 0 heterocycles. The van der Waals surface area contributed by atoms with Crippen LogP contribution in [-0.4, -0.2) is 23.5 Å². The Morgan fingerprint density at radius 1 is 1.31 bits per heavy atom. The van der Waals surface area contributed by atoms with Gasteiger partial charge in [-0.1, -0.05) is 12.1 Å². The lowest BCUT2D eigenvalue weighted by Gasteiger charge is -2.05. The number of phenolic OH excluding ortho intramolecular Hbond substituents is 1. The Morgan fingerprint density at radius 2 is 2.00 bits per heavy atom. The van der Waals surface area contributed by atoms with Crippen LogP contribution in [-0.2, 0) is 9.59 Å². The molecule has 6 heteroatoms. The van der Waals surface area contributed by atoms with Crippen LogP contribution in [0.15, 0.2) is 24.3 Å². The maximum atomic E-state index is 11.2. The Morgan fingerprint density at radius 3 is 2.62 bits per heavy atom. The van der Waals surface area contributed by atoms with E-state index in [2.05, 4.69) is 10.6 Å². The van der Waals surface area contributed by atoms with Crippen molar-refractivity contribution in [2.45, 2.75) is 0 Å². The summed E-state index contributed by atoms with van der Waals surface area (Å²) in [4.78, 5) is 22.3. The van der Waals surface area contributed by atoms with Gasteiger partial charge >= 0.3 is 11.8 Å². The Labute approximate surface area is 91.5 Å². The molecule has 1 rings (SSSR count). The summed E-state index contributed by atoms with van der Waals surface area (Å²) in [6.45, 7) is -0.243. The van der Waals surface area contributed by atoms with Gasteiger partial charge < -0.3 is 15.7 Å². The number of nitrogens with zero attached hydrogens (tertiary/aromatic N) is 1. The molecular formula is C10H9N3O3. The van der Waals surface area contributed by atoms with Crippen molar-refractivity contribution in [3.63, 3.8) is 0 Å². The van der Waals surface area contributed by atoms with Crippen LogP contribution < -0.4 is 10.6 Å². The lowest BCUT2D eigenvalue weighted by Crippen LogP contribution is -2.35. The molecule has 0 aromatic heterocycles. The van der Waals surface area contributed by atoms with Gasteiger partial charge in [-0.3, -0.25) is 9.59 Å². The van der Waals surface area contributed by atoms with Gasteiger partial charge in [-0.25, -0.2) is 0 Å². The van der Waals surface area contributed by atoms with Gasteiger partial charge in [-0.2, -0.15) is 5.26 Å². The Bertz CT molecular complexity index is 451. The van der Waals surface area contributed by atoms with Crippen molar-refractivity contribution in [2.24, 2.45) is 0 Å². The molecule has 0 atom stereocenters. The average Bonchev–Trinajstić information content (AvgIpc) is 2.28. The monoisotopic (exact) mass is 219 g/mol. The van der Waals surface area contributed by atoms with Crippen molar-refractivity contribution in [1.29, 1.82) is 5.26 Å². The van der Waals surface area contributed by atoms with Gasteiger partial charge in [0.05, 0.1) is 11.8 Å². The molecule has 0 aliphatic heterocycles. The highest BCUT2D eigenvalue weighted by atomic mass is 16.3. The van der Waals surface area contributed by atoms with Crippen LogP contribution in [0.1, 0.15) is 0 Å². The van der Waals surface area contributed by atoms with E-state index in [4.69, 9.17) is 5.26 Å². The number of phenols is 1. The predicted octanol–water partition coefficient (Wildman–Crippen LogP) is -0.0295. The maximum Gasteiger partial charge on any atom is 0.313 e. The fourth-order valence-electron chi connectivity index (χ4n) is 0.959. The topological polar surface area (TPSA) is 102 Å². The van der Waals surface area contributed by atoms with Gasteiger partial charge in [0, 0.05) is 0 Å². The van der Waals surface area contributed by atoms with Gasteiger partial charge in [-0.15, -0.1) is 0 Å². The molecule has 16 heavy (non-hydrogen) atoms. The van der Waals surface area contributed by atoms with Crippen molar-refractivity contribution in [3.8, 4) is 11.8 Å². The number of aromatic hydroxyl groups is 1. The second kappa shape index (κ2) is 5.36. The molecule has 0 saturated heterocycles. The minimum atomic E-state index is -0.934. The normalized spacial score (nSPS) is 8.94. The van der Waals surface area contributed by atoms with E-state index in [9.17, 15) is 14.7 Å². The van der Waals surface area contributed by atoms with Gasteiger partial charge in [0.1, 0.15) is 12.3 Å². The van der Waals surface area contributed by atoms with Crippen molar-refractivity contribution >= 4 is 17.5 Å². The van der Waals surface area contributed by atoms with Crippen LogP contribution in [0.25, 0.3) is 0 Å². The number of amides is 2. The lowest BCUT2D eigenvalue weighted by atomic mass is 10.3. The van der Waals surface area contributed by atoms with Crippen LogP contribution in [0.2, 0.25) is 0 Å². The Balaban J connectivity index is 2.62. The second-order valence-corrected chi connectivity index (χ2v) is 2.81. The molecule has 1 aromatic rings. The smallest absolute Gasteiger partial charge is 0.313 e. The Kier molecular flexibility index (Phi) is 3.86. The van der Waals surface area contributed by atoms with E-state index in [-0.39, 0.29) is 18.0 Å². The van der Waals surface area contributed by atoms with E-state index in [1.807, 2.05) is 0 Å². The van der Waals surface area contributed by atoms with Gasteiger partial charge in [0.25, 0.3) is 0 Å². The highest BCUT2D eigenvalue weighted by Gasteiger charge is 2.14. The number of carbonyl (C=O) groups is 2. The summed E-state index contributed by atoms with van der Waals surface area (Å²) >= 11 is 0. The van der Waals surface area contributed by atoms with E-state index in [1.54, 1.807) is 18.2 Å². The molecule has 0 bridgehead atoms. The van der Waals surface area contributed by atoms with E-state index in [1.165, 1.54) is 12.1 Å². The number of carbonyl (C=O) groups excluding carboxylic acids is 2. The zero-order valence-electron chi connectivity index (χ0n) is 8.23. The number of para-hydroxylation sites is 2. The summed E-state index contributed by atoms with van der Waals surface area (Å²) in [6, 6.07) is 7.68. The predicted molar refractivity (Wildman–Crippen MR) is 55.4 cm³/mol. The highest BCUT2D eigenvalue weighted by molar-refractivity contribution is 6.39. The number of nitriles is 1. The average molecular weight is 219 g/mol. The Hall–Kier alpha value is -2.55. The minimum Gasteiger partial charge on any atom is -0.506 e. The van der Waals surface area contributed by atoms with E-state index >= 15 is 0 Å². The third-order valence-corrected chi connectivity index (χ3v) is 1.69. The molecule has 1 aromatic carbocycles. The molecule has 0 fully saturated rings. The van der Waals surface area contributed by atoms with Crippen LogP contribution in [0, 0.1) is 11.3 Å². The molecule has 82 valence electrons. The van der Waals surface area contributed by atoms with Crippen LogP contribution >= 0.6 is 0 Å². The molecule has 0 saturated carbocycles. The highest BCUT2D eigenvalue weighted by Crippen LogP contribution is 2.20. The third-order valence-electron chi connectivity index (χ3n) is 1.69. The van der Waals surface area contributed by atoms with Crippen LogP contribution in [0.4, 0.5) is 5.69 Å². The zero-order valence-corrected chi connectivity index (χ0v) is 8.23. The largest absolute Gasteiger partial charge is 0.506 e. The van der Waals surface area contributed by atoms with Gasteiger partial charge in [0.2, 0.25) is 0 Å². The van der Waals surface area contributed by atoms with Gasteiger partial charge in [-0.05, 0) is 12.1 Å². The molecule has 0 aliphatic rings. The molecule has 2 amide bonds.